The molecule has 8 heteroatoms. The number of benzene rings is 1. The fraction of sp³-hybridized carbons (Fsp3) is 0.385. The highest BCUT2D eigenvalue weighted by Crippen LogP contribution is 2.17. The molecular formula is C13H16F2N2O4. The van der Waals surface area contributed by atoms with Crippen LogP contribution in [0.2, 0.25) is 0 Å². The van der Waals surface area contributed by atoms with Gasteiger partial charge in [0.05, 0.1) is 6.54 Å². The number of ether oxygens (including phenoxy) is 1. The Morgan fingerprint density at radius 2 is 1.90 bits per heavy atom. The number of hydrogen-bond acceptors (Lipinski definition) is 4. The van der Waals surface area contributed by atoms with E-state index in [9.17, 15) is 18.4 Å². The number of aliphatic carboxylic acids is 1. The molecule has 0 radical (unpaired) electrons. The van der Waals surface area contributed by atoms with Crippen LogP contribution in [0.1, 0.15) is 6.92 Å². The Bertz CT molecular complexity index is 493. The summed E-state index contributed by atoms with van der Waals surface area (Å²) in [7, 11) is 1.51. The van der Waals surface area contributed by atoms with Crippen molar-refractivity contribution >= 4 is 17.6 Å². The topological polar surface area (TPSA) is 78.9 Å². The van der Waals surface area contributed by atoms with Crippen LogP contribution >= 0.6 is 0 Å². The van der Waals surface area contributed by atoms with Crippen molar-refractivity contribution in [1.29, 1.82) is 0 Å². The molecule has 0 saturated carbocycles. The fourth-order valence-electron chi connectivity index (χ4n) is 1.47. The predicted molar refractivity (Wildman–Crippen MR) is 71.4 cm³/mol. The van der Waals surface area contributed by atoms with E-state index in [4.69, 9.17) is 5.11 Å². The molecule has 2 N–H and O–H groups in total. The van der Waals surface area contributed by atoms with Crippen LogP contribution in [0.25, 0.3) is 0 Å². The van der Waals surface area contributed by atoms with Crippen molar-refractivity contribution in [2.75, 3.05) is 18.9 Å². The molecule has 6 nitrogen and oxygen atoms in total. The first-order valence-corrected chi connectivity index (χ1v) is 6.07. The molecule has 1 rings (SSSR count). The molecule has 0 heterocycles. The number of anilines is 1. The number of amides is 1. The number of alkyl halides is 2. The fourth-order valence-corrected chi connectivity index (χ4v) is 1.47. The lowest BCUT2D eigenvalue weighted by molar-refractivity contribution is -0.142. The van der Waals surface area contributed by atoms with Crippen molar-refractivity contribution in [3.63, 3.8) is 0 Å². The number of hydrogen-bond donors (Lipinski definition) is 2. The lowest BCUT2D eigenvalue weighted by atomic mass is 10.3. The minimum absolute atomic E-state index is 0.0142. The lowest BCUT2D eigenvalue weighted by Crippen LogP contribution is -2.40. The number of halogens is 2. The number of nitrogens with zero attached hydrogens (tertiary/aromatic N) is 1. The van der Waals surface area contributed by atoms with Crippen LogP contribution in [0.15, 0.2) is 24.3 Å². The summed E-state index contributed by atoms with van der Waals surface area (Å²) in [5.74, 6) is -1.45. The van der Waals surface area contributed by atoms with Gasteiger partial charge < -0.3 is 15.2 Å². The van der Waals surface area contributed by atoms with Gasteiger partial charge >= 0.3 is 12.6 Å². The van der Waals surface area contributed by atoms with Gasteiger partial charge in [-0.2, -0.15) is 8.78 Å². The predicted octanol–water partition coefficient (Wildman–Crippen LogP) is 1.63. The van der Waals surface area contributed by atoms with Crippen LogP contribution in [0.3, 0.4) is 0 Å². The molecule has 1 aromatic rings. The van der Waals surface area contributed by atoms with E-state index in [1.54, 1.807) is 0 Å². The SMILES string of the molecule is CC(C(=O)O)N(C)CC(=O)Nc1ccc(OC(F)F)cc1. The summed E-state index contributed by atoms with van der Waals surface area (Å²) in [6.07, 6.45) is 0. The van der Waals surface area contributed by atoms with Gasteiger partial charge in [-0.1, -0.05) is 0 Å². The maximum atomic E-state index is 12.0. The van der Waals surface area contributed by atoms with Gasteiger partial charge in [-0.15, -0.1) is 0 Å². The lowest BCUT2D eigenvalue weighted by Gasteiger charge is -2.20. The number of nitrogens with one attached hydrogen (secondary N) is 1. The summed E-state index contributed by atoms with van der Waals surface area (Å²) < 4.78 is 28.1. The Morgan fingerprint density at radius 1 is 1.33 bits per heavy atom. The van der Waals surface area contributed by atoms with Crippen molar-refractivity contribution in [2.24, 2.45) is 0 Å². The van der Waals surface area contributed by atoms with Gasteiger partial charge in [0.25, 0.3) is 0 Å². The third kappa shape index (κ3) is 5.74. The molecule has 0 aromatic heterocycles. The first kappa shape index (κ1) is 16.8. The summed E-state index contributed by atoms with van der Waals surface area (Å²) in [4.78, 5) is 23.8. The smallest absolute Gasteiger partial charge is 0.387 e. The number of carbonyl (C=O) groups excluding carboxylic acids is 1. The van der Waals surface area contributed by atoms with Gasteiger partial charge in [-0.05, 0) is 38.2 Å². The summed E-state index contributed by atoms with van der Waals surface area (Å²) in [5, 5.41) is 11.3. The molecule has 1 amide bonds. The van der Waals surface area contributed by atoms with E-state index in [1.165, 1.54) is 43.1 Å². The Balaban J connectivity index is 2.53. The summed E-state index contributed by atoms with van der Waals surface area (Å²) in [6, 6.07) is 4.63. The van der Waals surface area contributed by atoms with Gasteiger partial charge in [-0.25, -0.2) is 0 Å². The Kier molecular flexibility index (Phi) is 6.04. The van der Waals surface area contributed by atoms with Gasteiger partial charge in [0.2, 0.25) is 5.91 Å². The molecule has 0 aliphatic carbocycles. The third-order valence-electron chi connectivity index (χ3n) is 2.77. The van der Waals surface area contributed by atoms with E-state index in [0.717, 1.165) is 0 Å². The standard InChI is InChI=1S/C13H16F2N2O4/c1-8(12(19)20)17(2)7-11(18)16-9-3-5-10(6-4-9)21-13(14)15/h3-6,8,13H,7H2,1-2H3,(H,16,18)(H,19,20). The molecule has 1 aromatic carbocycles. The van der Waals surface area contributed by atoms with E-state index >= 15 is 0 Å². The second-order valence-corrected chi connectivity index (χ2v) is 4.38. The average molecular weight is 302 g/mol. The quantitative estimate of drug-likeness (QED) is 0.800. The molecule has 0 aliphatic rings. The maximum Gasteiger partial charge on any atom is 0.387 e. The molecule has 0 aliphatic heterocycles. The van der Waals surface area contributed by atoms with E-state index in [-0.39, 0.29) is 12.3 Å². The van der Waals surface area contributed by atoms with Gasteiger partial charge in [0.1, 0.15) is 11.8 Å². The first-order chi connectivity index (χ1) is 9.79. The minimum Gasteiger partial charge on any atom is -0.480 e. The Hall–Kier alpha value is -2.22. The Labute approximate surface area is 120 Å². The van der Waals surface area contributed by atoms with E-state index < -0.39 is 24.5 Å². The number of carboxylic acids is 1. The van der Waals surface area contributed by atoms with Crippen LogP contribution < -0.4 is 10.1 Å². The second kappa shape index (κ2) is 7.53. The van der Waals surface area contributed by atoms with Crippen LogP contribution in [-0.2, 0) is 9.59 Å². The van der Waals surface area contributed by atoms with Crippen molar-refractivity contribution < 1.29 is 28.2 Å². The highest BCUT2D eigenvalue weighted by molar-refractivity contribution is 5.92. The highest BCUT2D eigenvalue weighted by atomic mass is 19.3. The number of likely N-dealkylation sites (N-methyl/N-ethyl adjacent to an activating group) is 1. The van der Waals surface area contributed by atoms with E-state index in [2.05, 4.69) is 10.1 Å². The van der Waals surface area contributed by atoms with Crippen molar-refractivity contribution in [2.45, 2.75) is 19.6 Å². The maximum absolute atomic E-state index is 12.0. The monoisotopic (exact) mass is 302 g/mol. The van der Waals surface area contributed by atoms with Gasteiger partial charge in [0, 0.05) is 5.69 Å². The number of rotatable bonds is 7. The zero-order chi connectivity index (χ0) is 16.0. The molecule has 0 bridgehead atoms. The number of carboxylic acid groups (broad SMARTS) is 1. The largest absolute Gasteiger partial charge is 0.480 e. The molecule has 0 saturated heterocycles. The summed E-state index contributed by atoms with van der Waals surface area (Å²) in [6.45, 7) is -1.55. The van der Waals surface area contributed by atoms with Crippen LogP contribution in [0, 0.1) is 0 Å². The molecule has 1 atom stereocenters. The van der Waals surface area contributed by atoms with Crippen molar-refractivity contribution in [3.8, 4) is 5.75 Å². The number of carbonyl (C=O) groups is 2. The average Bonchev–Trinajstić information content (AvgIpc) is 2.39. The molecule has 116 valence electrons. The van der Waals surface area contributed by atoms with Crippen molar-refractivity contribution in [1.82, 2.24) is 4.90 Å². The Morgan fingerprint density at radius 3 is 2.38 bits per heavy atom. The molecule has 0 spiro atoms. The van der Waals surface area contributed by atoms with Gasteiger partial charge in [-0.3, -0.25) is 14.5 Å². The van der Waals surface area contributed by atoms with Crippen molar-refractivity contribution in [3.05, 3.63) is 24.3 Å². The zero-order valence-corrected chi connectivity index (χ0v) is 11.5. The van der Waals surface area contributed by atoms with E-state index in [1.807, 2.05) is 0 Å². The molecular weight excluding hydrogens is 286 g/mol. The summed E-state index contributed by atoms with van der Waals surface area (Å²) in [5.41, 5.74) is 0.401. The highest BCUT2D eigenvalue weighted by Gasteiger charge is 2.19. The van der Waals surface area contributed by atoms with Crippen LogP contribution in [0.5, 0.6) is 5.75 Å². The zero-order valence-electron chi connectivity index (χ0n) is 11.5. The molecule has 21 heavy (non-hydrogen) atoms. The molecule has 1 unspecified atom stereocenters. The van der Waals surface area contributed by atoms with E-state index in [0.29, 0.717) is 5.69 Å². The first-order valence-electron chi connectivity index (χ1n) is 6.07. The molecule has 0 fully saturated rings. The van der Waals surface area contributed by atoms with Crippen LogP contribution in [-0.4, -0.2) is 48.1 Å². The van der Waals surface area contributed by atoms with Crippen LogP contribution in [0.4, 0.5) is 14.5 Å². The third-order valence-corrected chi connectivity index (χ3v) is 2.77. The second-order valence-electron chi connectivity index (χ2n) is 4.38. The normalized spacial score (nSPS) is 12.3. The van der Waals surface area contributed by atoms with Gasteiger partial charge in [0.15, 0.2) is 0 Å². The minimum atomic E-state index is -2.91. The summed E-state index contributed by atoms with van der Waals surface area (Å²) >= 11 is 0.